The van der Waals surface area contributed by atoms with Crippen LogP contribution in [0.15, 0.2) is 36.5 Å². The summed E-state index contributed by atoms with van der Waals surface area (Å²) in [5.74, 6) is -0.0391. The Morgan fingerprint density at radius 3 is 2.74 bits per heavy atom. The number of hydrogen-bond acceptors (Lipinski definition) is 3. The number of amides is 1. The molecule has 0 unspecified atom stereocenters. The average molecular weight is 259 g/mol. The van der Waals surface area contributed by atoms with Crippen molar-refractivity contribution in [3.05, 3.63) is 36.5 Å². The topological polar surface area (TPSA) is 67.0 Å². The van der Waals surface area contributed by atoms with Gasteiger partial charge in [0.05, 0.1) is 18.7 Å². The van der Waals surface area contributed by atoms with Crippen molar-refractivity contribution in [2.24, 2.45) is 0 Å². The number of nitrogens with one attached hydrogen (secondary N) is 2. The summed E-state index contributed by atoms with van der Waals surface area (Å²) in [7, 11) is 0. The largest absolute Gasteiger partial charge is 0.381 e. The molecule has 0 saturated heterocycles. The van der Waals surface area contributed by atoms with Crippen molar-refractivity contribution in [1.82, 2.24) is 10.2 Å². The highest BCUT2D eigenvalue weighted by molar-refractivity contribution is 5.91. The van der Waals surface area contributed by atoms with Gasteiger partial charge in [-0.05, 0) is 30.7 Å². The molecule has 1 aromatic heterocycles. The Hall–Kier alpha value is -2.14. The van der Waals surface area contributed by atoms with Gasteiger partial charge in [-0.15, -0.1) is 0 Å². The van der Waals surface area contributed by atoms with Gasteiger partial charge in [-0.25, -0.2) is 0 Å². The summed E-state index contributed by atoms with van der Waals surface area (Å²) in [6.07, 6.45) is 2.08. The Bertz CT molecular complexity index is 506. The van der Waals surface area contributed by atoms with Crippen LogP contribution >= 0.6 is 0 Å². The molecule has 1 amide bonds. The number of carbonyl (C=O) groups is 1. The Labute approximate surface area is 112 Å². The third kappa shape index (κ3) is 3.93. The van der Waals surface area contributed by atoms with E-state index in [1.165, 1.54) is 0 Å². The second kappa shape index (κ2) is 6.70. The third-order valence-electron chi connectivity index (χ3n) is 2.66. The fourth-order valence-electron chi connectivity index (χ4n) is 1.68. The van der Waals surface area contributed by atoms with Crippen LogP contribution in [0.4, 0.5) is 5.69 Å². The molecule has 0 atom stereocenters. The summed E-state index contributed by atoms with van der Waals surface area (Å²) in [6, 6.07) is 9.51. The number of rotatable bonds is 6. The molecule has 100 valence electrons. The molecule has 19 heavy (non-hydrogen) atoms. The van der Waals surface area contributed by atoms with Gasteiger partial charge in [-0.2, -0.15) is 5.10 Å². The zero-order valence-electron chi connectivity index (χ0n) is 10.8. The van der Waals surface area contributed by atoms with Crippen LogP contribution in [0.5, 0.6) is 0 Å². The second-order valence-corrected chi connectivity index (χ2v) is 4.04. The third-order valence-corrected chi connectivity index (χ3v) is 2.66. The molecule has 0 saturated carbocycles. The van der Waals surface area contributed by atoms with Crippen molar-refractivity contribution in [2.75, 3.05) is 18.5 Å². The first-order valence-electron chi connectivity index (χ1n) is 6.27. The number of H-pyrrole nitrogens is 1. The molecule has 0 radical (unpaired) electrons. The first-order valence-corrected chi connectivity index (χ1v) is 6.27. The number of anilines is 1. The van der Waals surface area contributed by atoms with Crippen LogP contribution in [0.1, 0.15) is 13.3 Å². The van der Waals surface area contributed by atoms with E-state index in [1.807, 2.05) is 37.3 Å². The predicted molar refractivity (Wildman–Crippen MR) is 73.8 cm³/mol. The first kappa shape index (κ1) is 13.3. The van der Waals surface area contributed by atoms with E-state index in [0.717, 1.165) is 16.9 Å². The minimum Gasteiger partial charge on any atom is -0.381 e. The van der Waals surface area contributed by atoms with Gasteiger partial charge in [-0.1, -0.05) is 12.1 Å². The molecule has 0 aliphatic heterocycles. The van der Waals surface area contributed by atoms with Crippen LogP contribution in [0, 0.1) is 0 Å². The molecule has 0 aliphatic carbocycles. The summed E-state index contributed by atoms with van der Waals surface area (Å²) < 4.78 is 5.14. The molecular formula is C14H17N3O2. The highest BCUT2D eigenvalue weighted by Crippen LogP contribution is 2.18. The van der Waals surface area contributed by atoms with Gasteiger partial charge in [0.1, 0.15) is 0 Å². The summed E-state index contributed by atoms with van der Waals surface area (Å²) in [4.78, 5) is 11.6. The Morgan fingerprint density at radius 2 is 2.11 bits per heavy atom. The number of hydrogen-bond donors (Lipinski definition) is 2. The Balaban J connectivity index is 1.90. The maximum atomic E-state index is 11.6. The maximum absolute atomic E-state index is 11.6. The van der Waals surface area contributed by atoms with Crippen molar-refractivity contribution in [1.29, 1.82) is 0 Å². The number of aromatic nitrogens is 2. The van der Waals surface area contributed by atoms with Crippen molar-refractivity contribution in [3.63, 3.8) is 0 Å². The number of aromatic amines is 1. The molecule has 0 fully saturated rings. The summed E-state index contributed by atoms with van der Waals surface area (Å²) in [6.45, 7) is 2.99. The first-order chi connectivity index (χ1) is 9.29. The quantitative estimate of drug-likeness (QED) is 0.783. The van der Waals surface area contributed by atoms with Crippen LogP contribution in [0.3, 0.4) is 0 Å². The minimum atomic E-state index is -0.0391. The standard InChI is InChI=1S/C14H17N3O2/c1-2-19-10-8-14(18)16-12-5-3-11(4-6-12)13-7-9-15-17-13/h3-7,9H,2,8,10H2,1H3,(H,15,17)(H,16,18). The van der Waals surface area contributed by atoms with Gasteiger partial charge < -0.3 is 10.1 Å². The van der Waals surface area contributed by atoms with Gasteiger partial charge in [-0.3, -0.25) is 9.89 Å². The van der Waals surface area contributed by atoms with E-state index < -0.39 is 0 Å². The van der Waals surface area contributed by atoms with Crippen LogP contribution in [-0.4, -0.2) is 29.3 Å². The Kier molecular flexibility index (Phi) is 4.69. The van der Waals surface area contributed by atoms with Crippen molar-refractivity contribution < 1.29 is 9.53 Å². The summed E-state index contributed by atoms with van der Waals surface area (Å²) >= 11 is 0. The van der Waals surface area contributed by atoms with Crippen molar-refractivity contribution >= 4 is 11.6 Å². The molecule has 2 aromatic rings. The van der Waals surface area contributed by atoms with Gasteiger partial charge >= 0.3 is 0 Å². The minimum absolute atomic E-state index is 0.0391. The molecule has 2 rings (SSSR count). The zero-order chi connectivity index (χ0) is 13.5. The van der Waals surface area contributed by atoms with E-state index in [4.69, 9.17) is 4.74 Å². The monoisotopic (exact) mass is 259 g/mol. The molecule has 0 aliphatic rings. The second-order valence-electron chi connectivity index (χ2n) is 4.04. The average Bonchev–Trinajstić information content (AvgIpc) is 2.94. The zero-order valence-corrected chi connectivity index (χ0v) is 10.8. The van der Waals surface area contributed by atoms with Crippen LogP contribution < -0.4 is 5.32 Å². The van der Waals surface area contributed by atoms with Crippen LogP contribution in [0.2, 0.25) is 0 Å². The highest BCUT2D eigenvalue weighted by atomic mass is 16.5. The number of nitrogens with zero attached hydrogens (tertiary/aromatic N) is 1. The lowest BCUT2D eigenvalue weighted by Gasteiger charge is -2.06. The van der Waals surface area contributed by atoms with E-state index in [-0.39, 0.29) is 5.91 Å². The van der Waals surface area contributed by atoms with E-state index in [9.17, 15) is 4.79 Å². The maximum Gasteiger partial charge on any atom is 0.226 e. The SMILES string of the molecule is CCOCCC(=O)Nc1ccc(-c2ccn[nH]2)cc1. The lowest BCUT2D eigenvalue weighted by molar-refractivity contribution is -0.117. The molecule has 2 N–H and O–H groups in total. The van der Waals surface area contributed by atoms with Gasteiger partial charge in [0.2, 0.25) is 5.91 Å². The fourth-order valence-corrected chi connectivity index (χ4v) is 1.68. The summed E-state index contributed by atoms with van der Waals surface area (Å²) in [5.41, 5.74) is 2.77. The normalized spacial score (nSPS) is 10.4. The van der Waals surface area contributed by atoms with Crippen molar-refractivity contribution in [2.45, 2.75) is 13.3 Å². The van der Waals surface area contributed by atoms with E-state index in [1.54, 1.807) is 6.20 Å². The molecule has 5 heteroatoms. The van der Waals surface area contributed by atoms with Gasteiger partial charge in [0.15, 0.2) is 0 Å². The number of ether oxygens (including phenoxy) is 1. The van der Waals surface area contributed by atoms with Crippen molar-refractivity contribution in [3.8, 4) is 11.3 Å². The smallest absolute Gasteiger partial charge is 0.226 e. The Morgan fingerprint density at radius 1 is 1.32 bits per heavy atom. The number of benzene rings is 1. The highest BCUT2D eigenvalue weighted by Gasteiger charge is 2.03. The van der Waals surface area contributed by atoms with Crippen LogP contribution in [0.25, 0.3) is 11.3 Å². The molecule has 5 nitrogen and oxygen atoms in total. The molecular weight excluding hydrogens is 242 g/mol. The van der Waals surface area contributed by atoms with E-state index >= 15 is 0 Å². The fraction of sp³-hybridized carbons (Fsp3) is 0.286. The van der Waals surface area contributed by atoms with E-state index in [0.29, 0.717) is 19.6 Å². The van der Waals surface area contributed by atoms with Crippen LogP contribution in [-0.2, 0) is 9.53 Å². The van der Waals surface area contributed by atoms with Gasteiger partial charge in [0.25, 0.3) is 0 Å². The number of carbonyl (C=O) groups excluding carboxylic acids is 1. The predicted octanol–water partition coefficient (Wildman–Crippen LogP) is 2.44. The molecule has 0 bridgehead atoms. The lowest BCUT2D eigenvalue weighted by atomic mass is 10.1. The van der Waals surface area contributed by atoms with E-state index in [2.05, 4.69) is 15.5 Å². The summed E-state index contributed by atoms with van der Waals surface area (Å²) in [5, 5.41) is 9.63. The molecule has 1 aromatic carbocycles. The lowest BCUT2D eigenvalue weighted by Crippen LogP contribution is -2.14. The molecule has 0 spiro atoms. The van der Waals surface area contributed by atoms with Gasteiger partial charge in [0, 0.05) is 18.5 Å². The molecule has 1 heterocycles.